The Morgan fingerprint density at radius 2 is 1.90 bits per heavy atom. The van der Waals surface area contributed by atoms with Crippen LogP contribution in [0.3, 0.4) is 0 Å². The first kappa shape index (κ1) is 14.6. The van der Waals surface area contributed by atoms with Gasteiger partial charge in [0.2, 0.25) is 0 Å². The van der Waals surface area contributed by atoms with Crippen molar-refractivity contribution in [2.24, 2.45) is 0 Å². The Bertz CT molecular complexity index is 569. The Hall–Kier alpha value is -1.78. The highest BCUT2D eigenvalue weighted by atomic mass is 16.5. The standard InChI is InChI=1S/C16H21NO3/c1-11(2)17-9-13(18)10-20-16-14-6-4-3-5-12(14)7-8-15(16)19/h3-8,11,13,17-19H,9-10H2,1-2H3. The van der Waals surface area contributed by atoms with Gasteiger partial charge in [-0.05, 0) is 11.5 Å². The number of phenolic OH excluding ortho intramolecular Hbond substituents is 1. The predicted octanol–water partition coefficient (Wildman–Crippen LogP) is 2.28. The second-order valence-corrected chi connectivity index (χ2v) is 5.16. The molecular formula is C16H21NO3. The Labute approximate surface area is 119 Å². The third-order valence-corrected chi connectivity index (χ3v) is 3.04. The average Bonchev–Trinajstić information content (AvgIpc) is 2.44. The van der Waals surface area contributed by atoms with Crippen molar-refractivity contribution in [3.63, 3.8) is 0 Å². The van der Waals surface area contributed by atoms with Crippen molar-refractivity contribution >= 4 is 10.8 Å². The van der Waals surface area contributed by atoms with Crippen LogP contribution in [0.5, 0.6) is 11.5 Å². The molecule has 0 fully saturated rings. The smallest absolute Gasteiger partial charge is 0.168 e. The van der Waals surface area contributed by atoms with Gasteiger partial charge in [-0.2, -0.15) is 0 Å². The van der Waals surface area contributed by atoms with E-state index in [1.807, 2.05) is 44.2 Å². The number of aliphatic hydroxyl groups excluding tert-OH is 1. The van der Waals surface area contributed by atoms with E-state index in [4.69, 9.17) is 4.74 Å². The first-order valence-corrected chi connectivity index (χ1v) is 6.83. The Balaban J connectivity index is 2.07. The van der Waals surface area contributed by atoms with Crippen molar-refractivity contribution in [3.8, 4) is 11.5 Å². The molecule has 0 radical (unpaired) electrons. The van der Waals surface area contributed by atoms with Crippen LogP contribution in [0.4, 0.5) is 0 Å². The molecule has 4 nitrogen and oxygen atoms in total. The van der Waals surface area contributed by atoms with Crippen LogP contribution in [0.15, 0.2) is 36.4 Å². The number of hydrogen-bond acceptors (Lipinski definition) is 4. The van der Waals surface area contributed by atoms with Crippen LogP contribution in [-0.4, -0.2) is 35.5 Å². The van der Waals surface area contributed by atoms with Crippen LogP contribution in [0.25, 0.3) is 10.8 Å². The maximum Gasteiger partial charge on any atom is 0.168 e. The van der Waals surface area contributed by atoms with Crippen molar-refractivity contribution in [1.82, 2.24) is 5.32 Å². The Morgan fingerprint density at radius 1 is 1.15 bits per heavy atom. The first-order valence-electron chi connectivity index (χ1n) is 6.83. The molecule has 2 rings (SSSR count). The maximum atomic E-state index is 9.92. The summed E-state index contributed by atoms with van der Waals surface area (Å²) in [5.41, 5.74) is 0. The lowest BCUT2D eigenvalue weighted by Gasteiger charge is -2.16. The number of nitrogens with one attached hydrogen (secondary N) is 1. The van der Waals surface area contributed by atoms with Crippen molar-refractivity contribution in [1.29, 1.82) is 0 Å². The summed E-state index contributed by atoms with van der Waals surface area (Å²) in [4.78, 5) is 0. The molecule has 1 unspecified atom stereocenters. The minimum atomic E-state index is -0.615. The van der Waals surface area contributed by atoms with Gasteiger partial charge in [0, 0.05) is 18.0 Å². The molecule has 0 aliphatic rings. The van der Waals surface area contributed by atoms with Gasteiger partial charge >= 0.3 is 0 Å². The second-order valence-electron chi connectivity index (χ2n) is 5.16. The van der Waals surface area contributed by atoms with Gasteiger partial charge in [0.25, 0.3) is 0 Å². The van der Waals surface area contributed by atoms with Crippen LogP contribution >= 0.6 is 0 Å². The average molecular weight is 275 g/mol. The molecule has 0 saturated heterocycles. The number of benzene rings is 2. The van der Waals surface area contributed by atoms with Gasteiger partial charge in [-0.15, -0.1) is 0 Å². The molecule has 108 valence electrons. The van der Waals surface area contributed by atoms with E-state index >= 15 is 0 Å². The van der Waals surface area contributed by atoms with E-state index in [2.05, 4.69) is 5.32 Å². The second kappa shape index (κ2) is 6.59. The zero-order valence-corrected chi connectivity index (χ0v) is 11.8. The lowest BCUT2D eigenvalue weighted by Crippen LogP contribution is -2.35. The number of ether oxygens (including phenoxy) is 1. The summed E-state index contributed by atoms with van der Waals surface area (Å²) in [5, 5.41) is 24.8. The summed E-state index contributed by atoms with van der Waals surface area (Å²) in [5.74, 6) is 0.513. The fourth-order valence-corrected chi connectivity index (χ4v) is 1.99. The summed E-state index contributed by atoms with van der Waals surface area (Å²) in [6.45, 7) is 4.64. The minimum Gasteiger partial charge on any atom is -0.504 e. The van der Waals surface area contributed by atoms with Crippen LogP contribution in [0, 0.1) is 0 Å². The zero-order chi connectivity index (χ0) is 14.5. The topological polar surface area (TPSA) is 61.7 Å². The number of hydrogen-bond donors (Lipinski definition) is 3. The molecule has 20 heavy (non-hydrogen) atoms. The summed E-state index contributed by atoms with van der Waals surface area (Å²) in [6, 6.07) is 11.4. The van der Waals surface area contributed by atoms with E-state index in [0.29, 0.717) is 18.3 Å². The zero-order valence-electron chi connectivity index (χ0n) is 11.8. The number of aromatic hydroxyl groups is 1. The third kappa shape index (κ3) is 3.62. The minimum absolute atomic E-state index is 0.0905. The molecule has 0 aliphatic heterocycles. The van der Waals surface area contributed by atoms with E-state index in [9.17, 15) is 10.2 Å². The van der Waals surface area contributed by atoms with Crippen LogP contribution < -0.4 is 10.1 Å². The van der Waals surface area contributed by atoms with E-state index < -0.39 is 6.10 Å². The van der Waals surface area contributed by atoms with Crippen LogP contribution in [-0.2, 0) is 0 Å². The van der Waals surface area contributed by atoms with Crippen molar-refractivity contribution in [2.75, 3.05) is 13.2 Å². The molecular weight excluding hydrogens is 254 g/mol. The van der Waals surface area contributed by atoms with Crippen molar-refractivity contribution < 1.29 is 14.9 Å². The molecule has 0 aromatic heterocycles. The summed E-state index contributed by atoms with van der Waals surface area (Å²) in [7, 11) is 0. The molecule has 0 amide bonds. The molecule has 4 heteroatoms. The molecule has 0 spiro atoms. The van der Waals surface area contributed by atoms with Crippen molar-refractivity contribution in [2.45, 2.75) is 26.0 Å². The van der Waals surface area contributed by atoms with E-state index in [1.54, 1.807) is 6.07 Å². The fourth-order valence-electron chi connectivity index (χ4n) is 1.99. The Kier molecular flexibility index (Phi) is 4.82. The van der Waals surface area contributed by atoms with E-state index in [-0.39, 0.29) is 12.4 Å². The SMILES string of the molecule is CC(C)NCC(O)COc1c(O)ccc2ccccc12. The van der Waals surface area contributed by atoms with Gasteiger partial charge in [0.1, 0.15) is 12.7 Å². The normalized spacial score (nSPS) is 12.8. The highest BCUT2D eigenvalue weighted by Crippen LogP contribution is 2.34. The van der Waals surface area contributed by atoms with Gasteiger partial charge in [0.15, 0.2) is 11.5 Å². The van der Waals surface area contributed by atoms with Crippen molar-refractivity contribution in [3.05, 3.63) is 36.4 Å². The van der Waals surface area contributed by atoms with E-state index in [0.717, 1.165) is 10.8 Å². The molecule has 3 N–H and O–H groups in total. The summed E-state index contributed by atoms with van der Waals surface area (Å²) >= 11 is 0. The fraction of sp³-hybridized carbons (Fsp3) is 0.375. The monoisotopic (exact) mass is 275 g/mol. The van der Waals surface area contributed by atoms with Crippen LogP contribution in [0.1, 0.15) is 13.8 Å². The largest absolute Gasteiger partial charge is 0.504 e. The lowest BCUT2D eigenvalue weighted by atomic mass is 10.1. The summed E-state index contributed by atoms with van der Waals surface area (Å²) in [6.07, 6.45) is -0.615. The first-order chi connectivity index (χ1) is 9.58. The lowest BCUT2D eigenvalue weighted by molar-refractivity contribution is 0.104. The Morgan fingerprint density at radius 3 is 2.65 bits per heavy atom. The predicted molar refractivity (Wildman–Crippen MR) is 80.3 cm³/mol. The quantitative estimate of drug-likeness (QED) is 0.757. The van der Waals surface area contributed by atoms with Gasteiger partial charge in [-0.3, -0.25) is 0 Å². The molecule has 0 saturated carbocycles. The highest BCUT2D eigenvalue weighted by molar-refractivity contribution is 5.90. The summed E-state index contributed by atoms with van der Waals surface area (Å²) < 4.78 is 5.60. The number of aliphatic hydroxyl groups is 1. The molecule has 0 heterocycles. The van der Waals surface area contributed by atoms with E-state index in [1.165, 1.54) is 0 Å². The number of fused-ring (bicyclic) bond motifs is 1. The molecule has 1 atom stereocenters. The molecule has 2 aromatic rings. The molecule has 0 bridgehead atoms. The molecule has 2 aromatic carbocycles. The highest BCUT2D eigenvalue weighted by Gasteiger charge is 2.11. The number of phenols is 1. The maximum absolute atomic E-state index is 9.92. The van der Waals surface area contributed by atoms with Gasteiger partial charge < -0.3 is 20.3 Å². The van der Waals surface area contributed by atoms with Gasteiger partial charge in [-0.25, -0.2) is 0 Å². The molecule has 0 aliphatic carbocycles. The van der Waals surface area contributed by atoms with Crippen LogP contribution in [0.2, 0.25) is 0 Å². The number of rotatable bonds is 6. The third-order valence-electron chi connectivity index (χ3n) is 3.04. The van der Waals surface area contributed by atoms with Gasteiger partial charge in [-0.1, -0.05) is 44.2 Å². The van der Waals surface area contributed by atoms with Gasteiger partial charge in [0.05, 0.1) is 0 Å².